The second-order valence-electron chi connectivity index (χ2n) is 6.91. The van der Waals surface area contributed by atoms with Gasteiger partial charge in [-0.2, -0.15) is 5.10 Å². The lowest BCUT2D eigenvalue weighted by Crippen LogP contribution is -2.35. The molecule has 0 bridgehead atoms. The summed E-state index contributed by atoms with van der Waals surface area (Å²) in [6.07, 6.45) is 4.66. The molecule has 1 aromatic carbocycles. The number of carbonyl (C=O) groups excluding carboxylic acids is 1. The summed E-state index contributed by atoms with van der Waals surface area (Å²) in [7, 11) is 0. The lowest BCUT2D eigenvalue weighted by molar-refractivity contribution is 0.0972. The van der Waals surface area contributed by atoms with Crippen LogP contribution < -0.4 is 0 Å². The van der Waals surface area contributed by atoms with Crippen LogP contribution in [0.25, 0.3) is 0 Å². The maximum atomic E-state index is 12.4. The van der Waals surface area contributed by atoms with Crippen LogP contribution in [0.15, 0.2) is 49.2 Å². The Balaban J connectivity index is 1.49. The molecule has 0 unspecified atom stereocenters. The van der Waals surface area contributed by atoms with Crippen molar-refractivity contribution >= 4 is 6.09 Å². The maximum Gasteiger partial charge on any atom is 0.410 e. The van der Waals surface area contributed by atoms with Gasteiger partial charge in [-0.1, -0.05) is 36.4 Å². The average Bonchev–Trinajstić information content (AvgIpc) is 2.87. The van der Waals surface area contributed by atoms with Crippen molar-refractivity contribution < 1.29 is 9.53 Å². The maximum absolute atomic E-state index is 12.4. The summed E-state index contributed by atoms with van der Waals surface area (Å²) in [4.78, 5) is 16.6. The zero-order valence-electron chi connectivity index (χ0n) is 16.0. The average molecular weight is 368 g/mol. The number of nitrogens with zero attached hydrogens (tertiary/aromatic N) is 4. The van der Waals surface area contributed by atoms with Gasteiger partial charge in [-0.05, 0) is 18.9 Å². The van der Waals surface area contributed by atoms with E-state index in [1.54, 1.807) is 0 Å². The predicted octanol–water partition coefficient (Wildman–Crippen LogP) is 3.22. The second-order valence-corrected chi connectivity index (χ2v) is 6.91. The van der Waals surface area contributed by atoms with Gasteiger partial charge in [-0.25, -0.2) is 4.79 Å². The summed E-state index contributed by atoms with van der Waals surface area (Å²) in [6.45, 7) is 10.9. The SMILES string of the molecule is C=CCn1cc(CN2CCCN(C(=O)OCc3ccccc3)CC2)c(C)n1. The first-order valence-electron chi connectivity index (χ1n) is 9.47. The molecule has 2 aromatic rings. The molecule has 0 saturated carbocycles. The molecule has 1 saturated heterocycles. The number of hydrogen-bond donors (Lipinski definition) is 0. The summed E-state index contributed by atoms with van der Waals surface area (Å²) >= 11 is 0. The Labute approximate surface area is 161 Å². The third kappa shape index (κ3) is 5.44. The van der Waals surface area contributed by atoms with Crippen molar-refractivity contribution in [3.63, 3.8) is 0 Å². The predicted molar refractivity (Wildman–Crippen MR) is 105 cm³/mol. The van der Waals surface area contributed by atoms with Crippen molar-refractivity contribution in [2.45, 2.75) is 33.0 Å². The first kappa shape index (κ1) is 19.2. The van der Waals surface area contributed by atoms with Crippen molar-refractivity contribution in [3.05, 3.63) is 66.0 Å². The van der Waals surface area contributed by atoms with Crippen molar-refractivity contribution in [3.8, 4) is 0 Å². The quantitative estimate of drug-likeness (QED) is 0.735. The van der Waals surface area contributed by atoms with E-state index < -0.39 is 0 Å². The van der Waals surface area contributed by atoms with E-state index in [2.05, 4.69) is 22.8 Å². The second kappa shape index (κ2) is 9.37. The van der Waals surface area contributed by atoms with Crippen LogP contribution in [0.4, 0.5) is 4.79 Å². The Hall–Kier alpha value is -2.60. The Morgan fingerprint density at radius 2 is 2.04 bits per heavy atom. The van der Waals surface area contributed by atoms with E-state index in [0.717, 1.165) is 50.4 Å². The third-order valence-corrected chi connectivity index (χ3v) is 4.81. The largest absolute Gasteiger partial charge is 0.445 e. The molecule has 1 amide bonds. The highest BCUT2D eigenvalue weighted by Crippen LogP contribution is 2.13. The van der Waals surface area contributed by atoms with Crippen molar-refractivity contribution in [1.82, 2.24) is 19.6 Å². The van der Waals surface area contributed by atoms with Gasteiger partial charge in [0, 0.05) is 44.5 Å². The molecule has 1 aromatic heterocycles. The van der Waals surface area contributed by atoms with Gasteiger partial charge in [0.05, 0.1) is 12.2 Å². The van der Waals surface area contributed by atoms with Gasteiger partial charge in [0.2, 0.25) is 0 Å². The van der Waals surface area contributed by atoms with Crippen LogP contribution in [-0.2, 0) is 24.4 Å². The smallest absolute Gasteiger partial charge is 0.410 e. The Morgan fingerprint density at radius 3 is 2.81 bits per heavy atom. The minimum atomic E-state index is -0.226. The van der Waals surface area contributed by atoms with E-state index in [1.165, 1.54) is 5.56 Å². The molecule has 0 atom stereocenters. The van der Waals surface area contributed by atoms with Gasteiger partial charge in [-0.3, -0.25) is 9.58 Å². The summed E-state index contributed by atoms with van der Waals surface area (Å²) in [5.41, 5.74) is 3.30. The van der Waals surface area contributed by atoms with Crippen LogP contribution in [0, 0.1) is 6.92 Å². The number of benzene rings is 1. The zero-order valence-corrected chi connectivity index (χ0v) is 16.0. The molecule has 6 heteroatoms. The third-order valence-electron chi connectivity index (χ3n) is 4.81. The van der Waals surface area contributed by atoms with E-state index in [4.69, 9.17) is 4.74 Å². The molecule has 27 heavy (non-hydrogen) atoms. The van der Waals surface area contributed by atoms with E-state index in [9.17, 15) is 4.79 Å². The molecule has 0 spiro atoms. The molecular formula is C21H28N4O2. The number of ether oxygens (including phenoxy) is 1. The Morgan fingerprint density at radius 1 is 1.22 bits per heavy atom. The number of aryl methyl sites for hydroxylation is 1. The molecule has 1 aliphatic heterocycles. The first-order chi connectivity index (χ1) is 13.2. The standard InChI is InChI=1S/C21H28N4O2/c1-3-10-25-16-20(18(2)22-25)15-23-11-7-12-24(14-13-23)21(26)27-17-19-8-5-4-6-9-19/h3-6,8-9,16H,1,7,10-15,17H2,2H3. The fraction of sp³-hybridized carbons (Fsp3) is 0.429. The van der Waals surface area contributed by atoms with E-state index in [-0.39, 0.29) is 6.09 Å². The lowest BCUT2D eigenvalue weighted by atomic mass is 10.2. The van der Waals surface area contributed by atoms with Crippen molar-refractivity contribution in [2.75, 3.05) is 26.2 Å². The fourth-order valence-electron chi connectivity index (χ4n) is 3.30. The molecule has 0 N–H and O–H groups in total. The van der Waals surface area contributed by atoms with Gasteiger partial charge in [0.15, 0.2) is 0 Å². The topological polar surface area (TPSA) is 50.6 Å². The lowest BCUT2D eigenvalue weighted by Gasteiger charge is -2.21. The van der Waals surface area contributed by atoms with Crippen LogP contribution in [0.5, 0.6) is 0 Å². The zero-order chi connectivity index (χ0) is 19.1. The molecule has 1 aliphatic rings. The molecule has 1 fully saturated rings. The minimum Gasteiger partial charge on any atom is -0.445 e. The molecule has 2 heterocycles. The van der Waals surface area contributed by atoms with Crippen LogP contribution in [0.2, 0.25) is 0 Å². The summed E-state index contributed by atoms with van der Waals surface area (Å²) in [6, 6.07) is 9.79. The highest BCUT2D eigenvalue weighted by atomic mass is 16.6. The van der Waals surface area contributed by atoms with Gasteiger partial charge in [-0.15, -0.1) is 6.58 Å². The van der Waals surface area contributed by atoms with E-state index in [1.807, 2.05) is 52.9 Å². The van der Waals surface area contributed by atoms with Crippen LogP contribution in [0.3, 0.4) is 0 Å². The van der Waals surface area contributed by atoms with Gasteiger partial charge in [0.1, 0.15) is 6.61 Å². The number of aromatic nitrogens is 2. The molecule has 0 aliphatic carbocycles. The summed E-state index contributed by atoms with van der Waals surface area (Å²) in [5, 5.41) is 4.52. The number of hydrogen-bond acceptors (Lipinski definition) is 4. The Kier molecular flexibility index (Phi) is 6.65. The highest BCUT2D eigenvalue weighted by molar-refractivity contribution is 5.67. The van der Waals surface area contributed by atoms with Crippen LogP contribution >= 0.6 is 0 Å². The van der Waals surface area contributed by atoms with Gasteiger partial charge in [0.25, 0.3) is 0 Å². The van der Waals surface area contributed by atoms with Crippen molar-refractivity contribution in [1.29, 1.82) is 0 Å². The molecule has 0 radical (unpaired) electrons. The monoisotopic (exact) mass is 368 g/mol. The normalized spacial score (nSPS) is 15.4. The van der Waals surface area contributed by atoms with Crippen LogP contribution in [0.1, 0.15) is 23.2 Å². The summed E-state index contributed by atoms with van der Waals surface area (Å²) < 4.78 is 7.39. The number of carbonyl (C=O) groups is 1. The van der Waals surface area contributed by atoms with Gasteiger partial charge < -0.3 is 9.64 Å². The molecule has 3 rings (SSSR count). The fourth-order valence-corrected chi connectivity index (χ4v) is 3.30. The number of allylic oxidation sites excluding steroid dienone is 1. The highest BCUT2D eigenvalue weighted by Gasteiger charge is 2.21. The molecule has 6 nitrogen and oxygen atoms in total. The molecular weight excluding hydrogens is 340 g/mol. The van der Waals surface area contributed by atoms with Crippen LogP contribution in [-0.4, -0.2) is 51.9 Å². The van der Waals surface area contributed by atoms with Crippen molar-refractivity contribution in [2.24, 2.45) is 0 Å². The van der Waals surface area contributed by atoms with E-state index >= 15 is 0 Å². The van der Waals surface area contributed by atoms with Gasteiger partial charge >= 0.3 is 6.09 Å². The Bertz CT molecular complexity index is 757. The number of amides is 1. The first-order valence-corrected chi connectivity index (χ1v) is 9.47. The molecule has 144 valence electrons. The minimum absolute atomic E-state index is 0.226. The summed E-state index contributed by atoms with van der Waals surface area (Å²) in [5.74, 6) is 0. The van der Waals surface area contributed by atoms with E-state index in [0.29, 0.717) is 13.2 Å². The number of rotatable bonds is 6.